The number of rotatable bonds is 4. The van der Waals surface area contributed by atoms with Crippen LogP contribution in [0.2, 0.25) is 0 Å². The van der Waals surface area contributed by atoms with E-state index in [-0.39, 0.29) is 28.8 Å². The zero-order valence-corrected chi connectivity index (χ0v) is 16.6. The molecule has 154 valence electrons. The first-order valence-corrected chi connectivity index (χ1v) is 10.9. The SMILES string of the molecule is Cn1nc2c(OC3CCNCC3)ncnc2c1-c1cc(F)c(S(C)(=O)=O)cc1F. The van der Waals surface area contributed by atoms with Gasteiger partial charge in [0.15, 0.2) is 15.4 Å². The zero-order chi connectivity index (χ0) is 20.8. The predicted octanol–water partition coefficient (Wildman–Crippen LogP) is 1.84. The van der Waals surface area contributed by atoms with E-state index in [9.17, 15) is 17.2 Å². The Labute approximate surface area is 165 Å². The molecule has 29 heavy (non-hydrogen) atoms. The van der Waals surface area contributed by atoms with Crippen LogP contribution in [0.3, 0.4) is 0 Å². The highest BCUT2D eigenvalue weighted by Crippen LogP contribution is 2.34. The molecule has 0 saturated carbocycles. The van der Waals surface area contributed by atoms with Crippen molar-refractivity contribution in [1.82, 2.24) is 25.1 Å². The maximum Gasteiger partial charge on any atom is 0.245 e. The molecule has 3 aromatic rings. The number of nitrogens with one attached hydrogen (secondary N) is 1. The summed E-state index contributed by atoms with van der Waals surface area (Å²) in [6.45, 7) is 1.67. The molecule has 0 atom stereocenters. The second-order valence-corrected chi connectivity index (χ2v) is 8.93. The Kier molecular flexibility index (Phi) is 4.95. The summed E-state index contributed by atoms with van der Waals surface area (Å²) in [7, 11) is -2.34. The van der Waals surface area contributed by atoms with Crippen LogP contribution in [0.15, 0.2) is 23.4 Å². The first-order valence-electron chi connectivity index (χ1n) is 9.00. The van der Waals surface area contributed by atoms with Gasteiger partial charge in [0.2, 0.25) is 5.88 Å². The van der Waals surface area contributed by atoms with E-state index >= 15 is 0 Å². The Morgan fingerprint density at radius 2 is 1.86 bits per heavy atom. The van der Waals surface area contributed by atoms with E-state index in [4.69, 9.17) is 4.74 Å². The van der Waals surface area contributed by atoms with Crippen molar-refractivity contribution in [2.75, 3.05) is 19.3 Å². The number of fused-ring (bicyclic) bond motifs is 1. The summed E-state index contributed by atoms with van der Waals surface area (Å²) < 4.78 is 59.8. The number of nitrogens with zero attached hydrogens (tertiary/aromatic N) is 4. The van der Waals surface area contributed by atoms with Crippen molar-refractivity contribution >= 4 is 20.9 Å². The van der Waals surface area contributed by atoms with Gasteiger partial charge in [-0.15, -0.1) is 0 Å². The lowest BCUT2D eigenvalue weighted by molar-refractivity contribution is 0.157. The Balaban J connectivity index is 1.82. The van der Waals surface area contributed by atoms with Gasteiger partial charge in [0.1, 0.15) is 34.5 Å². The Morgan fingerprint density at radius 3 is 2.55 bits per heavy atom. The van der Waals surface area contributed by atoms with Crippen LogP contribution in [-0.4, -0.2) is 53.6 Å². The van der Waals surface area contributed by atoms with Crippen LogP contribution >= 0.6 is 0 Å². The molecule has 0 bridgehead atoms. The minimum atomic E-state index is -3.91. The van der Waals surface area contributed by atoms with Crippen LogP contribution < -0.4 is 10.1 Å². The fourth-order valence-corrected chi connectivity index (χ4v) is 4.16. The molecule has 8 nitrogen and oxygen atoms in total. The summed E-state index contributed by atoms with van der Waals surface area (Å²) in [6, 6.07) is 1.52. The maximum absolute atomic E-state index is 14.8. The predicted molar refractivity (Wildman–Crippen MR) is 101 cm³/mol. The average Bonchev–Trinajstić information content (AvgIpc) is 3.00. The summed E-state index contributed by atoms with van der Waals surface area (Å²) in [4.78, 5) is 7.64. The lowest BCUT2D eigenvalue weighted by atomic mass is 10.1. The first-order chi connectivity index (χ1) is 13.8. The third-order valence-electron chi connectivity index (χ3n) is 4.83. The molecule has 1 N–H and O–H groups in total. The van der Waals surface area contributed by atoms with Gasteiger partial charge in [0.25, 0.3) is 0 Å². The summed E-state index contributed by atoms with van der Waals surface area (Å²) in [6.07, 6.45) is 3.71. The third-order valence-corrected chi connectivity index (χ3v) is 5.94. The zero-order valence-electron chi connectivity index (χ0n) is 15.8. The van der Waals surface area contributed by atoms with Gasteiger partial charge in [-0.2, -0.15) is 10.1 Å². The van der Waals surface area contributed by atoms with Gasteiger partial charge in [-0.1, -0.05) is 0 Å². The molecule has 0 unspecified atom stereocenters. The van der Waals surface area contributed by atoms with Crippen LogP contribution in [0.25, 0.3) is 22.3 Å². The molecule has 1 aliphatic heterocycles. The molecule has 0 aliphatic carbocycles. The van der Waals surface area contributed by atoms with Crippen LogP contribution in [-0.2, 0) is 16.9 Å². The molecule has 1 aromatic carbocycles. The molecule has 0 amide bonds. The van der Waals surface area contributed by atoms with Gasteiger partial charge < -0.3 is 10.1 Å². The second kappa shape index (κ2) is 7.30. The Hall–Kier alpha value is -2.66. The number of aryl methyl sites for hydroxylation is 1. The van der Waals surface area contributed by atoms with Crippen molar-refractivity contribution in [1.29, 1.82) is 0 Å². The number of piperidine rings is 1. The normalized spacial score (nSPS) is 15.7. The summed E-state index contributed by atoms with van der Waals surface area (Å²) in [5, 5.41) is 7.59. The van der Waals surface area contributed by atoms with E-state index in [0.717, 1.165) is 38.3 Å². The lowest BCUT2D eigenvalue weighted by Crippen LogP contribution is -2.34. The summed E-state index contributed by atoms with van der Waals surface area (Å²) in [5.41, 5.74) is 0.674. The molecular weight excluding hydrogens is 404 g/mol. The van der Waals surface area contributed by atoms with Crippen molar-refractivity contribution in [2.45, 2.75) is 23.8 Å². The molecule has 0 radical (unpaired) electrons. The largest absolute Gasteiger partial charge is 0.473 e. The molecule has 1 fully saturated rings. The average molecular weight is 423 g/mol. The van der Waals surface area contributed by atoms with Crippen molar-refractivity contribution in [3.05, 3.63) is 30.1 Å². The van der Waals surface area contributed by atoms with E-state index in [1.807, 2.05) is 0 Å². The smallest absolute Gasteiger partial charge is 0.245 e. The van der Waals surface area contributed by atoms with Gasteiger partial charge in [-0.25, -0.2) is 22.2 Å². The third kappa shape index (κ3) is 3.67. The fourth-order valence-electron chi connectivity index (χ4n) is 3.43. The number of benzene rings is 1. The highest BCUT2D eigenvalue weighted by Gasteiger charge is 2.25. The topological polar surface area (TPSA) is 99.0 Å². The number of ether oxygens (including phenoxy) is 1. The highest BCUT2D eigenvalue weighted by atomic mass is 32.2. The first kappa shape index (κ1) is 19.6. The number of hydrogen-bond donors (Lipinski definition) is 1. The fraction of sp³-hybridized carbons (Fsp3) is 0.389. The molecule has 4 rings (SSSR count). The van der Waals surface area contributed by atoms with Gasteiger partial charge in [-0.05, 0) is 38.1 Å². The number of sulfone groups is 1. The van der Waals surface area contributed by atoms with Crippen LogP contribution in [0.5, 0.6) is 5.88 Å². The van der Waals surface area contributed by atoms with Crippen molar-refractivity contribution in [3.8, 4) is 17.1 Å². The van der Waals surface area contributed by atoms with Gasteiger partial charge >= 0.3 is 0 Å². The number of hydrogen-bond acceptors (Lipinski definition) is 7. The van der Waals surface area contributed by atoms with Crippen molar-refractivity contribution < 1.29 is 21.9 Å². The highest BCUT2D eigenvalue weighted by molar-refractivity contribution is 7.90. The van der Waals surface area contributed by atoms with Crippen molar-refractivity contribution in [2.24, 2.45) is 7.05 Å². The monoisotopic (exact) mass is 423 g/mol. The van der Waals surface area contributed by atoms with E-state index in [1.165, 1.54) is 11.0 Å². The molecule has 1 aliphatic rings. The molecule has 0 spiro atoms. The Bertz CT molecular complexity index is 1190. The van der Waals surface area contributed by atoms with E-state index in [2.05, 4.69) is 20.4 Å². The minimum absolute atomic E-state index is 0.0250. The Morgan fingerprint density at radius 1 is 1.14 bits per heavy atom. The second-order valence-electron chi connectivity index (χ2n) is 6.95. The molecular formula is C18H19F2N5O3S. The van der Waals surface area contributed by atoms with Gasteiger partial charge in [0.05, 0.1) is 5.69 Å². The van der Waals surface area contributed by atoms with Gasteiger partial charge in [0, 0.05) is 18.9 Å². The molecule has 1 saturated heterocycles. The van der Waals surface area contributed by atoms with Crippen LogP contribution in [0.1, 0.15) is 12.8 Å². The molecule has 11 heteroatoms. The van der Waals surface area contributed by atoms with E-state index in [1.54, 1.807) is 7.05 Å². The van der Waals surface area contributed by atoms with E-state index in [0.29, 0.717) is 11.6 Å². The van der Waals surface area contributed by atoms with E-state index < -0.39 is 26.4 Å². The minimum Gasteiger partial charge on any atom is -0.473 e. The summed E-state index contributed by atoms with van der Waals surface area (Å²) >= 11 is 0. The standard InChI is InChI=1S/C18H19F2N5O3S/c1-25-17(11-7-13(20)14(8-12(11)19)29(2,26)27)15-16(24-25)18(23-9-22-15)28-10-3-5-21-6-4-10/h7-10,21H,3-6H2,1-2H3. The molecule has 3 heterocycles. The van der Waals surface area contributed by atoms with Gasteiger partial charge in [-0.3, -0.25) is 4.68 Å². The summed E-state index contributed by atoms with van der Waals surface area (Å²) in [5.74, 6) is -1.66. The number of halogens is 2. The lowest BCUT2D eigenvalue weighted by Gasteiger charge is -2.23. The van der Waals surface area contributed by atoms with Crippen molar-refractivity contribution in [3.63, 3.8) is 0 Å². The van der Waals surface area contributed by atoms with Crippen LogP contribution in [0.4, 0.5) is 8.78 Å². The van der Waals surface area contributed by atoms with Crippen LogP contribution in [0, 0.1) is 11.6 Å². The number of aromatic nitrogens is 4. The quantitative estimate of drug-likeness (QED) is 0.684. The maximum atomic E-state index is 14.8. The molecule has 2 aromatic heterocycles.